The molecule has 2 heteroatoms. The zero-order chi connectivity index (χ0) is 12.3. The number of nitrogens with two attached hydrogens (primary N) is 1. The number of benzene rings is 1. The van der Waals surface area contributed by atoms with E-state index in [1.54, 1.807) is 0 Å². The molecule has 0 saturated carbocycles. The monoisotopic (exact) mass is 232 g/mol. The topological polar surface area (TPSA) is 29.3 Å². The van der Waals surface area contributed by atoms with Crippen LogP contribution >= 0.6 is 0 Å². The second-order valence-electron chi connectivity index (χ2n) is 5.50. The third kappa shape index (κ3) is 3.30. The normalized spacial score (nSPS) is 27.9. The van der Waals surface area contributed by atoms with Crippen LogP contribution in [0.2, 0.25) is 0 Å². The van der Waals surface area contributed by atoms with Crippen LogP contribution in [0.5, 0.6) is 0 Å². The Bertz CT molecular complexity index is 336. The summed E-state index contributed by atoms with van der Waals surface area (Å²) in [6.45, 7) is 6.84. The molecule has 1 heterocycles. The predicted octanol–water partition coefficient (Wildman–Crippen LogP) is 2.81. The fourth-order valence-electron chi connectivity index (χ4n) is 2.69. The predicted molar refractivity (Wildman–Crippen MR) is 72.8 cm³/mol. The van der Waals surface area contributed by atoms with Crippen molar-refractivity contribution in [3.05, 3.63) is 35.9 Å². The molecule has 17 heavy (non-hydrogen) atoms. The standard InChI is InChI=1S/C15H24N2/c1-12-8-9-13(2)17(10-12)11-15(16)14-6-4-3-5-7-14/h3-7,12-13,15H,8-11,16H2,1-2H3/t12?,13?,15-/m0/s1. The summed E-state index contributed by atoms with van der Waals surface area (Å²) < 4.78 is 0. The quantitative estimate of drug-likeness (QED) is 0.868. The summed E-state index contributed by atoms with van der Waals surface area (Å²) in [6.07, 6.45) is 2.67. The summed E-state index contributed by atoms with van der Waals surface area (Å²) in [5.74, 6) is 0.814. The van der Waals surface area contributed by atoms with Gasteiger partial charge in [-0.15, -0.1) is 0 Å². The van der Waals surface area contributed by atoms with E-state index in [-0.39, 0.29) is 6.04 Å². The third-order valence-corrected chi connectivity index (χ3v) is 3.91. The molecule has 3 atom stereocenters. The average molecular weight is 232 g/mol. The Morgan fingerprint density at radius 2 is 1.94 bits per heavy atom. The highest BCUT2D eigenvalue weighted by Crippen LogP contribution is 2.23. The van der Waals surface area contributed by atoms with E-state index in [0.29, 0.717) is 6.04 Å². The summed E-state index contributed by atoms with van der Waals surface area (Å²) in [6, 6.07) is 11.3. The van der Waals surface area contributed by atoms with Crippen LogP contribution in [0, 0.1) is 5.92 Å². The third-order valence-electron chi connectivity index (χ3n) is 3.91. The molecule has 0 spiro atoms. The van der Waals surface area contributed by atoms with Gasteiger partial charge in [0, 0.05) is 25.2 Å². The molecular formula is C15H24N2. The van der Waals surface area contributed by atoms with Crippen molar-refractivity contribution in [1.29, 1.82) is 0 Å². The number of rotatable bonds is 3. The van der Waals surface area contributed by atoms with Gasteiger partial charge in [0.05, 0.1) is 0 Å². The maximum atomic E-state index is 6.29. The molecule has 94 valence electrons. The Morgan fingerprint density at radius 1 is 1.24 bits per heavy atom. The van der Waals surface area contributed by atoms with Crippen LogP contribution in [0.15, 0.2) is 30.3 Å². The second kappa shape index (κ2) is 5.65. The first kappa shape index (κ1) is 12.6. The lowest BCUT2D eigenvalue weighted by Gasteiger charge is -2.38. The lowest BCUT2D eigenvalue weighted by Crippen LogP contribution is -2.44. The van der Waals surface area contributed by atoms with Crippen molar-refractivity contribution in [2.45, 2.75) is 38.8 Å². The van der Waals surface area contributed by atoms with Gasteiger partial charge < -0.3 is 5.73 Å². The second-order valence-corrected chi connectivity index (χ2v) is 5.50. The van der Waals surface area contributed by atoms with Crippen molar-refractivity contribution in [3.8, 4) is 0 Å². The molecule has 0 amide bonds. The Morgan fingerprint density at radius 3 is 2.65 bits per heavy atom. The molecule has 2 unspecified atom stereocenters. The van der Waals surface area contributed by atoms with Crippen LogP contribution in [0.1, 0.15) is 38.3 Å². The molecule has 1 aromatic rings. The molecule has 0 radical (unpaired) electrons. The lowest BCUT2D eigenvalue weighted by atomic mass is 9.94. The van der Waals surface area contributed by atoms with Crippen molar-refractivity contribution >= 4 is 0 Å². The molecule has 1 saturated heterocycles. The fourth-order valence-corrected chi connectivity index (χ4v) is 2.69. The van der Waals surface area contributed by atoms with Gasteiger partial charge in [-0.3, -0.25) is 4.90 Å². The number of hydrogen-bond donors (Lipinski definition) is 1. The molecule has 2 rings (SSSR count). The van der Waals surface area contributed by atoms with Gasteiger partial charge in [0.2, 0.25) is 0 Å². The molecule has 1 aliphatic rings. The largest absolute Gasteiger partial charge is 0.323 e. The SMILES string of the molecule is CC1CCC(C)N(C[C@H](N)c2ccccc2)C1. The molecule has 1 fully saturated rings. The first-order chi connectivity index (χ1) is 8.16. The Balaban J connectivity index is 1.96. The molecule has 1 aliphatic heterocycles. The van der Waals surface area contributed by atoms with Crippen molar-refractivity contribution in [2.24, 2.45) is 11.7 Å². The maximum absolute atomic E-state index is 6.29. The zero-order valence-electron chi connectivity index (χ0n) is 11.0. The minimum atomic E-state index is 0.143. The van der Waals surface area contributed by atoms with E-state index in [9.17, 15) is 0 Å². The van der Waals surface area contributed by atoms with Gasteiger partial charge >= 0.3 is 0 Å². The fraction of sp³-hybridized carbons (Fsp3) is 0.600. The molecule has 2 nitrogen and oxygen atoms in total. The molecule has 0 aliphatic carbocycles. The zero-order valence-corrected chi connectivity index (χ0v) is 11.0. The van der Waals surface area contributed by atoms with E-state index in [1.165, 1.54) is 24.9 Å². The van der Waals surface area contributed by atoms with Gasteiger partial charge in [-0.25, -0.2) is 0 Å². The Hall–Kier alpha value is -0.860. The van der Waals surface area contributed by atoms with Crippen LogP contribution in [-0.4, -0.2) is 24.0 Å². The number of nitrogens with zero attached hydrogens (tertiary/aromatic N) is 1. The van der Waals surface area contributed by atoms with E-state index >= 15 is 0 Å². The van der Waals surface area contributed by atoms with Crippen LogP contribution in [0.25, 0.3) is 0 Å². The molecule has 2 N–H and O–H groups in total. The minimum Gasteiger partial charge on any atom is -0.323 e. The molecule has 1 aromatic carbocycles. The Labute approximate surface area is 105 Å². The smallest absolute Gasteiger partial charge is 0.0424 e. The summed E-state index contributed by atoms with van der Waals surface area (Å²) in [4.78, 5) is 2.55. The highest BCUT2D eigenvalue weighted by Gasteiger charge is 2.24. The molecule has 0 aromatic heterocycles. The Kier molecular flexibility index (Phi) is 4.19. The lowest BCUT2D eigenvalue weighted by molar-refractivity contribution is 0.117. The van der Waals surface area contributed by atoms with E-state index < -0.39 is 0 Å². The van der Waals surface area contributed by atoms with Gasteiger partial charge in [0.1, 0.15) is 0 Å². The minimum absolute atomic E-state index is 0.143. The van der Waals surface area contributed by atoms with E-state index in [2.05, 4.69) is 43.0 Å². The summed E-state index contributed by atoms with van der Waals surface area (Å²) >= 11 is 0. The van der Waals surface area contributed by atoms with Gasteiger partial charge in [0.25, 0.3) is 0 Å². The van der Waals surface area contributed by atoms with E-state index in [4.69, 9.17) is 5.73 Å². The first-order valence-electron chi connectivity index (χ1n) is 6.71. The van der Waals surface area contributed by atoms with Gasteiger partial charge in [-0.2, -0.15) is 0 Å². The van der Waals surface area contributed by atoms with Crippen molar-refractivity contribution < 1.29 is 0 Å². The van der Waals surface area contributed by atoms with Gasteiger partial charge in [-0.1, -0.05) is 37.3 Å². The maximum Gasteiger partial charge on any atom is 0.0424 e. The summed E-state index contributed by atoms with van der Waals surface area (Å²) in [5, 5.41) is 0. The van der Waals surface area contributed by atoms with Crippen molar-refractivity contribution in [1.82, 2.24) is 4.90 Å². The highest BCUT2D eigenvalue weighted by atomic mass is 15.2. The highest BCUT2D eigenvalue weighted by molar-refractivity contribution is 5.18. The average Bonchev–Trinajstić information content (AvgIpc) is 2.35. The summed E-state index contributed by atoms with van der Waals surface area (Å²) in [5.41, 5.74) is 7.54. The van der Waals surface area contributed by atoms with Crippen molar-refractivity contribution in [3.63, 3.8) is 0 Å². The van der Waals surface area contributed by atoms with E-state index in [0.717, 1.165) is 12.5 Å². The van der Waals surface area contributed by atoms with E-state index in [1.807, 2.05) is 6.07 Å². The molecular weight excluding hydrogens is 208 g/mol. The van der Waals surface area contributed by atoms with Gasteiger partial charge in [-0.05, 0) is 31.2 Å². The number of piperidine rings is 1. The number of hydrogen-bond acceptors (Lipinski definition) is 2. The molecule has 0 bridgehead atoms. The first-order valence-corrected chi connectivity index (χ1v) is 6.71. The number of likely N-dealkylation sites (tertiary alicyclic amines) is 1. The van der Waals surface area contributed by atoms with Crippen molar-refractivity contribution in [2.75, 3.05) is 13.1 Å². The van der Waals surface area contributed by atoms with Crippen LogP contribution in [-0.2, 0) is 0 Å². The van der Waals surface area contributed by atoms with Crippen LogP contribution in [0.4, 0.5) is 0 Å². The van der Waals surface area contributed by atoms with Gasteiger partial charge in [0.15, 0.2) is 0 Å². The summed E-state index contributed by atoms with van der Waals surface area (Å²) in [7, 11) is 0. The van der Waals surface area contributed by atoms with Crippen LogP contribution in [0.3, 0.4) is 0 Å². The van der Waals surface area contributed by atoms with Crippen LogP contribution < -0.4 is 5.73 Å².